The number of carbonyl (C=O) groups is 1. The third-order valence-electron chi connectivity index (χ3n) is 1.38. The number of alkyl halides is 4. The van der Waals surface area contributed by atoms with Crippen molar-refractivity contribution in [1.82, 2.24) is 4.90 Å². The van der Waals surface area contributed by atoms with Gasteiger partial charge in [0.05, 0.1) is 13.7 Å². The molecular weight excluding hydrogens is 267 g/mol. The molecule has 0 amide bonds. The van der Waals surface area contributed by atoms with E-state index in [1.54, 1.807) is 0 Å². The lowest BCUT2D eigenvalue weighted by molar-refractivity contribution is -0.147. The maximum Gasteiger partial charge on any atom is 0.401 e. The van der Waals surface area contributed by atoms with E-state index >= 15 is 0 Å². The predicted octanol–water partition coefficient (Wildman–Crippen LogP) is 1.42. The molecule has 0 spiro atoms. The van der Waals surface area contributed by atoms with Crippen molar-refractivity contribution in [2.75, 3.05) is 27.2 Å². The predicted molar refractivity (Wildman–Crippen MR) is 48.3 cm³/mol. The smallest absolute Gasteiger partial charge is 0.401 e. The van der Waals surface area contributed by atoms with E-state index in [2.05, 4.69) is 20.7 Å². The molecule has 0 saturated carbocycles. The maximum absolute atomic E-state index is 11.9. The first-order valence-corrected chi connectivity index (χ1v) is 4.65. The van der Waals surface area contributed by atoms with Gasteiger partial charge >= 0.3 is 12.1 Å². The summed E-state index contributed by atoms with van der Waals surface area (Å²) in [5.74, 6) is -0.584. The molecule has 0 N–H and O–H groups in total. The second-order valence-electron chi connectivity index (χ2n) is 2.80. The van der Waals surface area contributed by atoms with Crippen molar-refractivity contribution in [3.05, 3.63) is 0 Å². The summed E-state index contributed by atoms with van der Waals surface area (Å²) in [6.07, 6.45) is -4.25. The Hall–Kier alpha value is -0.300. The summed E-state index contributed by atoms with van der Waals surface area (Å²) in [5.41, 5.74) is 0. The largest absolute Gasteiger partial charge is 0.468 e. The van der Waals surface area contributed by atoms with Crippen molar-refractivity contribution in [3.8, 4) is 0 Å². The summed E-state index contributed by atoms with van der Waals surface area (Å²) in [5, 5.41) is 0. The SMILES string of the molecule is COC(=O)C(Br)CN(C)CC(F)(F)F. The van der Waals surface area contributed by atoms with Crippen LogP contribution in [0.3, 0.4) is 0 Å². The summed E-state index contributed by atoms with van der Waals surface area (Å²) in [4.78, 5) is 11.1. The van der Waals surface area contributed by atoms with Crippen molar-refractivity contribution < 1.29 is 22.7 Å². The molecule has 0 rings (SSSR count). The van der Waals surface area contributed by atoms with Crippen LogP contribution in [0.5, 0.6) is 0 Å². The van der Waals surface area contributed by atoms with E-state index in [0.717, 1.165) is 4.90 Å². The molecule has 0 aliphatic rings. The lowest BCUT2D eigenvalue weighted by Crippen LogP contribution is -2.37. The highest BCUT2D eigenvalue weighted by Crippen LogP contribution is 2.16. The van der Waals surface area contributed by atoms with Crippen LogP contribution in [0.2, 0.25) is 0 Å². The Morgan fingerprint density at radius 3 is 2.43 bits per heavy atom. The first-order valence-electron chi connectivity index (χ1n) is 3.73. The first kappa shape index (κ1) is 13.7. The number of hydrogen-bond donors (Lipinski definition) is 0. The molecule has 0 aromatic heterocycles. The van der Waals surface area contributed by atoms with Crippen molar-refractivity contribution in [2.45, 2.75) is 11.0 Å². The van der Waals surface area contributed by atoms with Crippen LogP contribution in [-0.2, 0) is 9.53 Å². The number of halogens is 4. The fourth-order valence-corrected chi connectivity index (χ4v) is 1.53. The molecule has 0 aromatic rings. The monoisotopic (exact) mass is 277 g/mol. The Labute approximate surface area is 88.3 Å². The number of nitrogens with zero attached hydrogens (tertiary/aromatic N) is 1. The first-order chi connectivity index (χ1) is 6.26. The lowest BCUT2D eigenvalue weighted by Gasteiger charge is -2.20. The molecule has 0 radical (unpaired) electrons. The van der Waals surface area contributed by atoms with Crippen LogP contribution in [-0.4, -0.2) is 49.1 Å². The summed E-state index contributed by atoms with van der Waals surface area (Å²) in [6.45, 7) is -1.10. The zero-order valence-corrected chi connectivity index (χ0v) is 9.35. The molecular formula is C7H11BrF3NO2. The number of ether oxygens (including phenoxy) is 1. The van der Waals surface area contributed by atoms with Gasteiger partial charge in [0.15, 0.2) is 0 Å². The average molecular weight is 278 g/mol. The number of carbonyl (C=O) groups excluding carboxylic acids is 1. The molecule has 0 aliphatic heterocycles. The number of esters is 1. The normalized spacial score (nSPS) is 14.2. The third kappa shape index (κ3) is 6.20. The standard InChI is InChI=1S/C7H11BrF3NO2/c1-12(4-7(9,10)11)3-5(8)6(13)14-2/h5H,3-4H2,1-2H3. The van der Waals surface area contributed by atoms with Crippen LogP contribution in [0.4, 0.5) is 13.2 Å². The van der Waals surface area contributed by atoms with Gasteiger partial charge in [-0.1, -0.05) is 15.9 Å². The van der Waals surface area contributed by atoms with Crippen LogP contribution < -0.4 is 0 Å². The van der Waals surface area contributed by atoms with E-state index in [-0.39, 0.29) is 6.54 Å². The zero-order valence-electron chi connectivity index (χ0n) is 7.77. The Balaban J connectivity index is 3.94. The van der Waals surface area contributed by atoms with Gasteiger partial charge in [-0.25, -0.2) is 0 Å². The second-order valence-corrected chi connectivity index (χ2v) is 3.91. The van der Waals surface area contributed by atoms with Gasteiger partial charge in [-0.3, -0.25) is 9.69 Å². The highest BCUT2D eigenvalue weighted by Gasteiger charge is 2.30. The topological polar surface area (TPSA) is 29.5 Å². The minimum Gasteiger partial charge on any atom is -0.468 e. The maximum atomic E-state index is 11.9. The van der Waals surface area contributed by atoms with Gasteiger partial charge in [0, 0.05) is 6.54 Å². The molecule has 7 heteroatoms. The van der Waals surface area contributed by atoms with Gasteiger partial charge in [-0.2, -0.15) is 13.2 Å². The molecule has 0 heterocycles. The van der Waals surface area contributed by atoms with Crippen molar-refractivity contribution >= 4 is 21.9 Å². The van der Waals surface area contributed by atoms with Crippen LogP contribution in [0, 0.1) is 0 Å². The third-order valence-corrected chi connectivity index (χ3v) is 2.04. The number of hydrogen-bond acceptors (Lipinski definition) is 3. The minimum atomic E-state index is -4.25. The summed E-state index contributed by atoms with van der Waals surface area (Å²) < 4.78 is 39.9. The second kappa shape index (κ2) is 5.55. The Bertz CT molecular complexity index is 198. The van der Waals surface area contributed by atoms with E-state index in [4.69, 9.17) is 0 Å². The zero-order chi connectivity index (χ0) is 11.4. The molecule has 1 atom stereocenters. The van der Waals surface area contributed by atoms with Gasteiger partial charge in [-0.15, -0.1) is 0 Å². The van der Waals surface area contributed by atoms with E-state index in [1.165, 1.54) is 14.2 Å². The van der Waals surface area contributed by atoms with Crippen LogP contribution >= 0.6 is 15.9 Å². The van der Waals surface area contributed by atoms with Crippen LogP contribution in [0.15, 0.2) is 0 Å². The molecule has 0 aromatic carbocycles. The highest BCUT2D eigenvalue weighted by atomic mass is 79.9. The molecule has 1 unspecified atom stereocenters. The van der Waals surface area contributed by atoms with Gasteiger partial charge in [0.2, 0.25) is 0 Å². The molecule has 3 nitrogen and oxygen atoms in total. The molecule has 0 bridgehead atoms. The minimum absolute atomic E-state index is 0.0494. The van der Waals surface area contributed by atoms with E-state index < -0.39 is 23.5 Å². The fraction of sp³-hybridized carbons (Fsp3) is 0.857. The fourth-order valence-electron chi connectivity index (χ4n) is 0.847. The summed E-state index contributed by atoms with van der Waals surface area (Å²) >= 11 is 2.93. The van der Waals surface area contributed by atoms with Gasteiger partial charge in [0.1, 0.15) is 4.83 Å². The van der Waals surface area contributed by atoms with E-state index in [1.807, 2.05) is 0 Å². The number of rotatable bonds is 4. The van der Waals surface area contributed by atoms with Crippen LogP contribution in [0.1, 0.15) is 0 Å². The van der Waals surface area contributed by atoms with Crippen molar-refractivity contribution in [1.29, 1.82) is 0 Å². The Kier molecular flexibility index (Phi) is 5.43. The average Bonchev–Trinajstić information content (AvgIpc) is 1.99. The van der Waals surface area contributed by atoms with E-state index in [0.29, 0.717) is 0 Å². The van der Waals surface area contributed by atoms with Gasteiger partial charge in [-0.05, 0) is 7.05 Å². The van der Waals surface area contributed by atoms with Crippen molar-refractivity contribution in [2.24, 2.45) is 0 Å². The summed E-state index contributed by atoms with van der Waals surface area (Å²) in [7, 11) is 2.46. The van der Waals surface area contributed by atoms with Crippen molar-refractivity contribution in [3.63, 3.8) is 0 Å². The quantitative estimate of drug-likeness (QED) is 0.575. The Morgan fingerprint density at radius 2 is 2.07 bits per heavy atom. The molecule has 0 fully saturated rings. The number of methoxy groups -OCH3 is 1. The van der Waals surface area contributed by atoms with Gasteiger partial charge in [0.25, 0.3) is 0 Å². The Morgan fingerprint density at radius 1 is 1.57 bits per heavy atom. The highest BCUT2D eigenvalue weighted by molar-refractivity contribution is 9.10. The van der Waals surface area contributed by atoms with Gasteiger partial charge < -0.3 is 4.74 Å². The lowest BCUT2D eigenvalue weighted by atomic mass is 10.4. The van der Waals surface area contributed by atoms with E-state index in [9.17, 15) is 18.0 Å². The molecule has 0 saturated heterocycles. The van der Waals surface area contributed by atoms with Crippen LogP contribution in [0.25, 0.3) is 0 Å². The molecule has 84 valence electrons. The summed E-state index contributed by atoms with van der Waals surface area (Å²) in [6, 6.07) is 0. The molecule has 0 aliphatic carbocycles. The molecule has 14 heavy (non-hydrogen) atoms.